The Morgan fingerprint density at radius 3 is 2.14 bits per heavy atom. The minimum Gasteiger partial charge on any atom is -0.373 e. The van der Waals surface area contributed by atoms with Crippen molar-refractivity contribution in [1.29, 1.82) is 0 Å². The molecule has 0 bridgehead atoms. The van der Waals surface area contributed by atoms with Gasteiger partial charge in [0.25, 0.3) is 0 Å². The predicted molar refractivity (Wildman–Crippen MR) is 63.6 cm³/mol. The zero-order valence-corrected chi connectivity index (χ0v) is 10.5. The zero-order valence-electron chi connectivity index (χ0n) is 10.5. The lowest BCUT2D eigenvalue weighted by molar-refractivity contribution is 0.403. The van der Waals surface area contributed by atoms with E-state index in [1.54, 1.807) is 0 Å². The molecule has 86 valence electrons. The van der Waals surface area contributed by atoms with Crippen LogP contribution in [0.15, 0.2) is 0 Å². The molecule has 1 nitrogen and oxygen atoms in total. The minimum atomic E-state index is 0.634. The Bertz CT molecular complexity index is 108. The molecule has 1 rings (SSSR count). The predicted octanol–water partition coefficient (Wildman–Crippen LogP) is 4.41. The number of epoxide rings is 1. The van der Waals surface area contributed by atoms with Crippen LogP contribution in [0.5, 0.6) is 0 Å². The van der Waals surface area contributed by atoms with E-state index in [1.165, 1.54) is 38.5 Å². The van der Waals surface area contributed by atoms with Gasteiger partial charge >= 0.3 is 0 Å². The van der Waals surface area contributed by atoms with Crippen LogP contribution >= 0.6 is 0 Å². The Morgan fingerprint density at radius 1 is 1.21 bits per heavy atom. The highest BCUT2D eigenvalue weighted by Crippen LogP contribution is 2.11. The second-order valence-electron chi connectivity index (χ2n) is 4.37. The monoisotopic (exact) mass is 200 g/mol. The molecule has 1 saturated heterocycles. The van der Waals surface area contributed by atoms with Crippen LogP contribution in [0, 0.1) is 5.92 Å². The second-order valence-corrected chi connectivity index (χ2v) is 4.37. The molecule has 0 spiro atoms. The molecule has 0 aliphatic carbocycles. The van der Waals surface area contributed by atoms with Gasteiger partial charge in [-0.25, -0.2) is 0 Å². The molecule has 0 aromatic rings. The van der Waals surface area contributed by atoms with Gasteiger partial charge < -0.3 is 4.74 Å². The summed E-state index contributed by atoms with van der Waals surface area (Å²) in [4.78, 5) is 0. The molecule has 2 atom stereocenters. The average molecular weight is 200 g/mol. The third-order valence-corrected chi connectivity index (χ3v) is 2.86. The van der Waals surface area contributed by atoms with Crippen LogP contribution in [0.2, 0.25) is 0 Å². The van der Waals surface area contributed by atoms with Crippen LogP contribution in [0.1, 0.15) is 66.2 Å². The highest BCUT2D eigenvalue weighted by atomic mass is 16.6. The third kappa shape index (κ3) is 10.0. The molecule has 1 aliphatic heterocycles. The van der Waals surface area contributed by atoms with Crippen LogP contribution in [0.4, 0.5) is 0 Å². The molecule has 0 radical (unpaired) electrons. The van der Waals surface area contributed by atoms with E-state index in [1.807, 2.05) is 0 Å². The number of hydrogen-bond acceptors (Lipinski definition) is 1. The summed E-state index contributed by atoms with van der Waals surface area (Å²) in [7, 11) is 0. The first kappa shape index (κ1) is 14.0. The van der Waals surface area contributed by atoms with Gasteiger partial charge in [-0.05, 0) is 12.3 Å². The van der Waals surface area contributed by atoms with Gasteiger partial charge in [-0.3, -0.25) is 0 Å². The standard InChI is InChI=1S/C9H20.C4H8O/c1-4-6-7-8-9(3)5-2;1-2-4-3-5-4/h9H,4-8H2,1-3H3;4H,2-3H2,1H3/t9-;4-/m01/s1. The summed E-state index contributed by atoms with van der Waals surface area (Å²) in [6.45, 7) is 10.0. The Kier molecular flexibility index (Phi) is 9.49. The molecular formula is C13H28O. The number of hydrogen-bond donors (Lipinski definition) is 0. The van der Waals surface area contributed by atoms with Gasteiger partial charge in [-0.1, -0.05) is 59.8 Å². The molecule has 0 amide bonds. The van der Waals surface area contributed by atoms with E-state index in [-0.39, 0.29) is 0 Å². The lowest BCUT2D eigenvalue weighted by atomic mass is 10.0. The summed E-state index contributed by atoms with van der Waals surface area (Å²) >= 11 is 0. The Labute approximate surface area is 90.2 Å². The van der Waals surface area contributed by atoms with Gasteiger partial charge in [0.05, 0.1) is 12.7 Å². The Hall–Kier alpha value is -0.0400. The maximum atomic E-state index is 4.86. The quantitative estimate of drug-likeness (QED) is 0.457. The summed E-state index contributed by atoms with van der Waals surface area (Å²) in [6.07, 6.45) is 8.83. The SMILES string of the molecule is CCCCC[C@@H](C)CC.CC[C@@H]1CO1. The normalized spacial score (nSPS) is 21.0. The van der Waals surface area contributed by atoms with E-state index >= 15 is 0 Å². The fourth-order valence-electron chi connectivity index (χ4n) is 1.25. The smallest absolute Gasteiger partial charge is 0.0807 e. The van der Waals surface area contributed by atoms with E-state index in [0.29, 0.717) is 6.10 Å². The lowest BCUT2D eigenvalue weighted by Gasteiger charge is -2.05. The molecule has 1 fully saturated rings. The molecule has 0 unspecified atom stereocenters. The van der Waals surface area contributed by atoms with E-state index < -0.39 is 0 Å². The van der Waals surface area contributed by atoms with Crippen molar-refractivity contribution in [2.45, 2.75) is 72.3 Å². The molecular weight excluding hydrogens is 172 g/mol. The first-order valence-corrected chi connectivity index (χ1v) is 6.36. The summed E-state index contributed by atoms with van der Waals surface area (Å²) in [5.74, 6) is 0.955. The molecule has 1 aliphatic rings. The van der Waals surface area contributed by atoms with Gasteiger partial charge in [0.1, 0.15) is 0 Å². The number of unbranched alkanes of at least 4 members (excludes halogenated alkanes) is 2. The van der Waals surface area contributed by atoms with Crippen molar-refractivity contribution in [3.05, 3.63) is 0 Å². The molecule has 0 saturated carbocycles. The fraction of sp³-hybridized carbons (Fsp3) is 1.00. The Morgan fingerprint density at radius 2 is 1.86 bits per heavy atom. The lowest BCUT2D eigenvalue weighted by Crippen LogP contribution is -1.90. The summed E-state index contributed by atoms with van der Waals surface area (Å²) in [5.41, 5.74) is 0. The van der Waals surface area contributed by atoms with Crippen molar-refractivity contribution >= 4 is 0 Å². The fourth-order valence-corrected chi connectivity index (χ4v) is 1.25. The first-order valence-electron chi connectivity index (χ1n) is 6.36. The van der Waals surface area contributed by atoms with E-state index in [0.717, 1.165) is 12.5 Å². The van der Waals surface area contributed by atoms with Crippen LogP contribution in [-0.2, 0) is 4.74 Å². The Balaban J connectivity index is 0.000000280. The highest BCUT2D eigenvalue weighted by molar-refractivity contribution is 4.64. The minimum absolute atomic E-state index is 0.634. The first-order chi connectivity index (χ1) is 6.74. The van der Waals surface area contributed by atoms with Gasteiger partial charge in [0, 0.05) is 0 Å². The molecule has 1 heterocycles. The number of ether oxygens (including phenoxy) is 1. The van der Waals surface area contributed by atoms with Crippen LogP contribution in [0.25, 0.3) is 0 Å². The molecule has 0 aromatic heterocycles. The largest absolute Gasteiger partial charge is 0.373 e. The zero-order chi connectivity index (χ0) is 10.8. The van der Waals surface area contributed by atoms with Crippen molar-refractivity contribution in [2.75, 3.05) is 6.61 Å². The van der Waals surface area contributed by atoms with Gasteiger partial charge in [-0.2, -0.15) is 0 Å². The van der Waals surface area contributed by atoms with Crippen LogP contribution in [0.3, 0.4) is 0 Å². The van der Waals surface area contributed by atoms with Crippen molar-refractivity contribution in [2.24, 2.45) is 5.92 Å². The average Bonchev–Trinajstić information content (AvgIpc) is 3.02. The van der Waals surface area contributed by atoms with Crippen molar-refractivity contribution in [1.82, 2.24) is 0 Å². The maximum absolute atomic E-state index is 4.86. The number of rotatable bonds is 6. The maximum Gasteiger partial charge on any atom is 0.0807 e. The summed E-state index contributed by atoms with van der Waals surface area (Å²) in [5, 5.41) is 0. The van der Waals surface area contributed by atoms with E-state index in [2.05, 4.69) is 27.7 Å². The summed E-state index contributed by atoms with van der Waals surface area (Å²) < 4.78 is 4.86. The van der Waals surface area contributed by atoms with Crippen LogP contribution < -0.4 is 0 Å². The van der Waals surface area contributed by atoms with Crippen LogP contribution in [-0.4, -0.2) is 12.7 Å². The van der Waals surface area contributed by atoms with Crippen molar-refractivity contribution < 1.29 is 4.74 Å². The molecule has 1 heteroatoms. The molecule has 0 aromatic carbocycles. The molecule has 14 heavy (non-hydrogen) atoms. The van der Waals surface area contributed by atoms with Crippen molar-refractivity contribution in [3.8, 4) is 0 Å². The second kappa shape index (κ2) is 9.51. The summed E-state index contributed by atoms with van der Waals surface area (Å²) in [6, 6.07) is 0. The third-order valence-electron chi connectivity index (χ3n) is 2.86. The highest BCUT2D eigenvalue weighted by Gasteiger charge is 2.18. The topological polar surface area (TPSA) is 12.5 Å². The van der Waals surface area contributed by atoms with Crippen molar-refractivity contribution in [3.63, 3.8) is 0 Å². The van der Waals surface area contributed by atoms with Gasteiger partial charge in [-0.15, -0.1) is 0 Å². The van der Waals surface area contributed by atoms with E-state index in [4.69, 9.17) is 4.74 Å². The van der Waals surface area contributed by atoms with Gasteiger partial charge in [0.15, 0.2) is 0 Å². The molecule has 0 N–H and O–H groups in total. The van der Waals surface area contributed by atoms with E-state index in [9.17, 15) is 0 Å². The van der Waals surface area contributed by atoms with Gasteiger partial charge in [0.2, 0.25) is 0 Å².